The number of hydrogen-bond acceptors (Lipinski definition) is 5. The summed E-state index contributed by atoms with van der Waals surface area (Å²) in [6, 6.07) is 6.43. The van der Waals surface area contributed by atoms with Crippen molar-refractivity contribution in [1.82, 2.24) is 14.5 Å². The highest BCUT2D eigenvalue weighted by molar-refractivity contribution is 5.81. The molecule has 2 aromatic rings. The Morgan fingerprint density at radius 3 is 2.47 bits per heavy atom. The number of β-amino-alcohol motifs (C(OH)–C–C–N with tert-alkyl or cyclic N) is 1. The Balaban J connectivity index is 1.26. The quantitative estimate of drug-likeness (QED) is 0.838. The van der Waals surface area contributed by atoms with Gasteiger partial charge in [0.25, 0.3) is 5.56 Å². The maximum Gasteiger partial charge on any atom is 0.261 e. The number of aromatic nitrogens is 2. The number of hydrogen-bond donors (Lipinski definition) is 1. The summed E-state index contributed by atoms with van der Waals surface area (Å²) in [5.74, 6) is 0. The molecule has 1 saturated heterocycles. The van der Waals surface area contributed by atoms with E-state index in [4.69, 9.17) is 0 Å². The van der Waals surface area contributed by atoms with E-state index in [1.165, 1.54) is 19.3 Å². The molecular weight excluding hydrogens is 376 g/mol. The molecular formula is C24H34N4O2. The van der Waals surface area contributed by atoms with Crippen molar-refractivity contribution in [1.29, 1.82) is 0 Å². The molecule has 0 bridgehead atoms. The van der Waals surface area contributed by atoms with E-state index in [-0.39, 0.29) is 5.56 Å². The first-order chi connectivity index (χ1) is 14.6. The van der Waals surface area contributed by atoms with E-state index >= 15 is 0 Å². The SMILES string of the molecule is O=c1c2ccc(N3CCN(CC4(O)CCCCC4)CC3)cc2ncn1C1CCCC1. The van der Waals surface area contributed by atoms with E-state index in [9.17, 15) is 9.90 Å². The van der Waals surface area contributed by atoms with Crippen molar-refractivity contribution in [2.45, 2.75) is 69.4 Å². The molecule has 5 rings (SSSR count). The van der Waals surface area contributed by atoms with Crippen molar-refractivity contribution < 1.29 is 5.11 Å². The lowest BCUT2D eigenvalue weighted by molar-refractivity contribution is -0.0271. The smallest absolute Gasteiger partial charge is 0.261 e. The van der Waals surface area contributed by atoms with E-state index in [1.54, 1.807) is 6.33 Å². The third-order valence-corrected chi connectivity index (χ3v) is 7.53. The van der Waals surface area contributed by atoms with Gasteiger partial charge in [0.05, 0.1) is 22.8 Å². The van der Waals surface area contributed by atoms with E-state index in [0.717, 1.165) is 87.8 Å². The predicted molar refractivity (Wildman–Crippen MR) is 120 cm³/mol. The molecule has 30 heavy (non-hydrogen) atoms. The lowest BCUT2D eigenvalue weighted by Gasteiger charge is -2.41. The number of fused-ring (bicyclic) bond motifs is 1. The van der Waals surface area contributed by atoms with Crippen LogP contribution in [0.15, 0.2) is 29.3 Å². The second-order valence-corrected chi connectivity index (χ2v) is 9.64. The molecule has 6 nitrogen and oxygen atoms in total. The predicted octanol–water partition coefficient (Wildman–Crippen LogP) is 3.33. The molecule has 1 aliphatic heterocycles. The molecule has 0 unspecified atom stereocenters. The Bertz CT molecular complexity index is 936. The number of benzene rings is 1. The van der Waals surface area contributed by atoms with Gasteiger partial charge in [-0.1, -0.05) is 32.1 Å². The Morgan fingerprint density at radius 1 is 1.00 bits per heavy atom. The number of aliphatic hydroxyl groups is 1. The summed E-state index contributed by atoms with van der Waals surface area (Å²) in [7, 11) is 0. The highest BCUT2D eigenvalue weighted by Crippen LogP contribution is 2.30. The van der Waals surface area contributed by atoms with Gasteiger partial charge in [-0.2, -0.15) is 0 Å². The first kappa shape index (κ1) is 20.0. The lowest BCUT2D eigenvalue weighted by Crippen LogP contribution is -2.52. The molecule has 1 aromatic heterocycles. The van der Waals surface area contributed by atoms with Crippen LogP contribution in [0, 0.1) is 0 Å². The van der Waals surface area contributed by atoms with Crippen molar-refractivity contribution in [3.05, 3.63) is 34.9 Å². The Kier molecular flexibility index (Phi) is 5.54. The minimum atomic E-state index is -0.480. The molecule has 2 aliphatic carbocycles. The largest absolute Gasteiger partial charge is 0.389 e. The molecule has 0 spiro atoms. The number of anilines is 1. The second-order valence-electron chi connectivity index (χ2n) is 9.64. The highest BCUT2D eigenvalue weighted by Gasteiger charge is 2.32. The Labute approximate surface area is 178 Å². The molecule has 0 amide bonds. The summed E-state index contributed by atoms with van der Waals surface area (Å²) in [4.78, 5) is 22.4. The molecule has 3 aliphatic rings. The van der Waals surface area contributed by atoms with Crippen LogP contribution in [-0.2, 0) is 0 Å². The highest BCUT2D eigenvalue weighted by atomic mass is 16.3. The van der Waals surface area contributed by atoms with Gasteiger partial charge in [0.2, 0.25) is 0 Å². The number of rotatable bonds is 4. The summed E-state index contributed by atoms with van der Waals surface area (Å²) >= 11 is 0. The molecule has 2 saturated carbocycles. The van der Waals surface area contributed by atoms with Crippen LogP contribution >= 0.6 is 0 Å². The maximum atomic E-state index is 12.9. The third kappa shape index (κ3) is 4.00. The van der Waals surface area contributed by atoms with Gasteiger partial charge in [-0.15, -0.1) is 0 Å². The molecule has 1 N–H and O–H groups in total. The van der Waals surface area contributed by atoms with Crippen LogP contribution in [0.4, 0.5) is 5.69 Å². The second kappa shape index (κ2) is 8.31. The monoisotopic (exact) mass is 410 g/mol. The molecule has 0 atom stereocenters. The first-order valence-corrected chi connectivity index (χ1v) is 11.8. The zero-order chi connectivity index (χ0) is 20.6. The Morgan fingerprint density at radius 2 is 1.73 bits per heavy atom. The fourth-order valence-corrected chi connectivity index (χ4v) is 5.71. The maximum absolute atomic E-state index is 12.9. The lowest BCUT2D eigenvalue weighted by atomic mass is 9.84. The molecule has 2 heterocycles. The van der Waals surface area contributed by atoms with Crippen molar-refractivity contribution >= 4 is 16.6 Å². The van der Waals surface area contributed by atoms with E-state index in [1.807, 2.05) is 10.6 Å². The molecule has 6 heteroatoms. The van der Waals surface area contributed by atoms with Gasteiger partial charge in [0, 0.05) is 44.5 Å². The standard InChI is InChI=1S/C24H34N4O2/c29-23-21-9-8-20(16-22(21)25-18-28(23)19-6-2-3-7-19)27-14-12-26(13-15-27)17-24(30)10-4-1-5-11-24/h8-9,16,18-19,30H,1-7,10-15,17H2. The van der Waals surface area contributed by atoms with Crippen LogP contribution in [0.3, 0.4) is 0 Å². The van der Waals surface area contributed by atoms with Crippen molar-refractivity contribution in [2.75, 3.05) is 37.6 Å². The van der Waals surface area contributed by atoms with Crippen LogP contribution in [0.5, 0.6) is 0 Å². The molecule has 1 aromatic carbocycles. The fraction of sp³-hybridized carbons (Fsp3) is 0.667. The third-order valence-electron chi connectivity index (χ3n) is 7.53. The normalized spacial score (nSPS) is 23.3. The van der Waals surface area contributed by atoms with Crippen molar-refractivity contribution in [2.24, 2.45) is 0 Å². The van der Waals surface area contributed by atoms with Crippen molar-refractivity contribution in [3.63, 3.8) is 0 Å². The van der Waals surface area contributed by atoms with E-state index in [0.29, 0.717) is 6.04 Å². The Hall–Kier alpha value is -1.92. The number of nitrogens with zero attached hydrogens (tertiary/aromatic N) is 4. The van der Waals surface area contributed by atoms with Gasteiger partial charge in [-0.05, 0) is 43.9 Å². The van der Waals surface area contributed by atoms with E-state index in [2.05, 4.69) is 26.9 Å². The van der Waals surface area contributed by atoms with Crippen LogP contribution in [0.1, 0.15) is 63.8 Å². The fourth-order valence-electron chi connectivity index (χ4n) is 5.71. The summed E-state index contributed by atoms with van der Waals surface area (Å²) in [5, 5.41) is 11.6. The minimum absolute atomic E-state index is 0.101. The van der Waals surface area contributed by atoms with Gasteiger partial charge >= 0.3 is 0 Å². The summed E-state index contributed by atoms with van der Waals surface area (Å²) in [5.41, 5.74) is 1.56. The average Bonchev–Trinajstić information content (AvgIpc) is 3.29. The van der Waals surface area contributed by atoms with Gasteiger partial charge in [0.1, 0.15) is 0 Å². The molecule has 3 fully saturated rings. The van der Waals surface area contributed by atoms with Gasteiger partial charge < -0.3 is 10.0 Å². The van der Waals surface area contributed by atoms with Crippen LogP contribution in [0.2, 0.25) is 0 Å². The van der Waals surface area contributed by atoms with Crippen LogP contribution in [0.25, 0.3) is 10.9 Å². The summed E-state index contributed by atoms with van der Waals surface area (Å²) in [6.45, 7) is 4.64. The molecule has 162 valence electrons. The first-order valence-electron chi connectivity index (χ1n) is 11.8. The van der Waals surface area contributed by atoms with Crippen LogP contribution in [-0.4, -0.2) is 57.9 Å². The summed E-state index contributed by atoms with van der Waals surface area (Å²) in [6.07, 6.45) is 11.8. The summed E-state index contributed by atoms with van der Waals surface area (Å²) < 4.78 is 1.85. The number of piperazine rings is 1. The van der Waals surface area contributed by atoms with Gasteiger partial charge in [0.15, 0.2) is 0 Å². The van der Waals surface area contributed by atoms with Gasteiger partial charge in [-0.25, -0.2) is 4.98 Å². The topological polar surface area (TPSA) is 61.6 Å². The van der Waals surface area contributed by atoms with E-state index < -0.39 is 5.60 Å². The molecule has 0 radical (unpaired) electrons. The minimum Gasteiger partial charge on any atom is -0.389 e. The average molecular weight is 411 g/mol. The van der Waals surface area contributed by atoms with Crippen molar-refractivity contribution in [3.8, 4) is 0 Å². The zero-order valence-corrected chi connectivity index (χ0v) is 17.9. The zero-order valence-electron chi connectivity index (χ0n) is 17.9. The van der Waals surface area contributed by atoms with Crippen LogP contribution < -0.4 is 10.5 Å². The van der Waals surface area contributed by atoms with Gasteiger partial charge in [-0.3, -0.25) is 14.3 Å².